The van der Waals surface area contributed by atoms with E-state index in [1.54, 1.807) is 25.3 Å². The van der Waals surface area contributed by atoms with E-state index in [1.807, 2.05) is 24.0 Å². The van der Waals surface area contributed by atoms with Gasteiger partial charge in [0.05, 0.1) is 37.8 Å². The van der Waals surface area contributed by atoms with Gasteiger partial charge in [-0.2, -0.15) is 0 Å². The third-order valence-corrected chi connectivity index (χ3v) is 7.97. The highest BCUT2D eigenvalue weighted by Crippen LogP contribution is 2.40. The highest BCUT2D eigenvalue weighted by molar-refractivity contribution is 5.87. The number of fused-ring (bicyclic) bond motifs is 2. The molecule has 0 unspecified atom stereocenters. The molecule has 2 fully saturated rings. The Hall–Kier alpha value is -3.72. The molecular weight excluding hydrogens is 501 g/mol. The number of piperidine rings is 1. The minimum Gasteiger partial charge on any atom is -0.493 e. The maximum Gasteiger partial charge on any atom is 0.230 e. The number of allylic oxidation sites excluding steroid dienone is 1. The van der Waals surface area contributed by atoms with Crippen LogP contribution < -0.4 is 14.2 Å². The van der Waals surface area contributed by atoms with Crippen LogP contribution in [-0.4, -0.2) is 60.8 Å². The second-order valence-corrected chi connectivity index (χ2v) is 10.7. The molecule has 39 heavy (non-hydrogen) atoms. The van der Waals surface area contributed by atoms with E-state index in [4.69, 9.17) is 18.9 Å². The van der Waals surface area contributed by atoms with Crippen LogP contribution in [0.5, 0.6) is 23.1 Å². The minimum atomic E-state index is -0.404. The van der Waals surface area contributed by atoms with Crippen molar-refractivity contribution >= 4 is 22.9 Å². The van der Waals surface area contributed by atoms with Gasteiger partial charge in [-0.1, -0.05) is 17.7 Å². The maximum absolute atomic E-state index is 15.2. The molecule has 0 atom stereocenters. The van der Waals surface area contributed by atoms with E-state index in [9.17, 15) is 4.79 Å². The number of rotatable bonds is 8. The van der Waals surface area contributed by atoms with Gasteiger partial charge in [0.1, 0.15) is 6.33 Å². The SMILES string of the molecule is COc1cc2c(Oc3ccc4c(c3F)C=C(C)C4)ncnc2cc1OCCCC(=O)N1CCC2(CC1)COC2. The summed E-state index contributed by atoms with van der Waals surface area (Å²) in [7, 11) is 1.55. The van der Waals surface area contributed by atoms with Crippen LogP contribution in [0, 0.1) is 11.2 Å². The van der Waals surface area contributed by atoms with Crippen molar-refractivity contribution in [2.24, 2.45) is 5.41 Å². The van der Waals surface area contributed by atoms with Gasteiger partial charge < -0.3 is 23.8 Å². The van der Waals surface area contributed by atoms with Gasteiger partial charge >= 0.3 is 0 Å². The number of aromatic nitrogens is 2. The van der Waals surface area contributed by atoms with E-state index in [1.165, 1.54) is 6.33 Å². The number of ether oxygens (including phenoxy) is 4. The highest BCUT2D eigenvalue weighted by Gasteiger charge is 2.41. The van der Waals surface area contributed by atoms with Gasteiger partial charge in [0.2, 0.25) is 11.8 Å². The van der Waals surface area contributed by atoms with Crippen LogP contribution in [0.25, 0.3) is 17.0 Å². The molecule has 2 aromatic carbocycles. The Kier molecular flexibility index (Phi) is 6.85. The molecule has 1 spiro atoms. The van der Waals surface area contributed by atoms with E-state index in [-0.39, 0.29) is 17.5 Å². The second kappa shape index (κ2) is 10.4. The molecule has 9 heteroatoms. The predicted octanol–water partition coefficient (Wildman–Crippen LogP) is 5.33. The Morgan fingerprint density at radius 2 is 1.95 bits per heavy atom. The summed E-state index contributed by atoms with van der Waals surface area (Å²) < 4.78 is 38.0. The number of methoxy groups -OCH3 is 1. The summed E-state index contributed by atoms with van der Waals surface area (Å²) in [6.45, 7) is 5.61. The van der Waals surface area contributed by atoms with E-state index in [0.717, 1.165) is 56.7 Å². The van der Waals surface area contributed by atoms with Crippen molar-refractivity contribution in [3.63, 3.8) is 0 Å². The first-order chi connectivity index (χ1) is 18.9. The molecule has 8 nitrogen and oxygen atoms in total. The zero-order chi connectivity index (χ0) is 27.0. The Bertz CT molecular complexity index is 1440. The molecule has 204 valence electrons. The summed E-state index contributed by atoms with van der Waals surface area (Å²) in [6, 6.07) is 7.00. The fourth-order valence-electron chi connectivity index (χ4n) is 5.57. The number of likely N-dealkylation sites (tertiary alicyclic amines) is 1. The minimum absolute atomic E-state index is 0.105. The van der Waals surface area contributed by atoms with Crippen molar-refractivity contribution in [3.05, 3.63) is 53.1 Å². The second-order valence-electron chi connectivity index (χ2n) is 10.7. The molecule has 0 radical (unpaired) electrons. The first-order valence-electron chi connectivity index (χ1n) is 13.4. The van der Waals surface area contributed by atoms with Crippen molar-refractivity contribution in [1.29, 1.82) is 0 Å². The average Bonchev–Trinajstić information content (AvgIpc) is 3.32. The smallest absolute Gasteiger partial charge is 0.230 e. The molecule has 0 N–H and O–H groups in total. The number of hydrogen-bond acceptors (Lipinski definition) is 7. The Morgan fingerprint density at radius 3 is 2.69 bits per heavy atom. The molecular formula is C30H32FN3O5. The Balaban J connectivity index is 1.11. The van der Waals surface area contributed by atoms with Gasteiger partial charge in [-0.25, -0.2) is 14.4 Å². The molecule has 2 saturated heterocycles. The lowest BCUT2D eigenvalue weighted by atomic mass is 9.77. The summed E-state index contributed by atoms with van der Waals surface area (Å²) in [4.78, 5) is 23.2. The fraction of sp³-hybridized carbons (Fsp3) is 0.433. The van der Waals surface area contributed by atoms with E-state index >= 15 is 4.39 Å². The average molecular weight is 534 g/mol. The van der Waals surface area contributed by atoms with Crippen molar-refractivity contribution < 1.29 is 28.1 Å². The number of benzene rings is 2. The van der Waals surface area contributed by atoms with E-state index in [2.05, 4.69) is 9.97 Å². The largest absolute Gasteiger partial charge is 0.493 e. The topological polar surface area (TPSA) is 83.0 Å². The number of halogens is 1. The van der Waals surface area contributed by atoms with Crippen LogP contribution in [0.1, 0.15) is 43.7 Å². The fourth-order valence-corrected chi connectivity index (χ4v) is 5.57. The number of carbonyl (C=O) groups excluding carboxylic acids is 1. The Morgan fingerprint density at radius 1 is 1.13 bits per heavy atom. The van der Waals surface area contributed by atoms with Crippen LogP contribution in [0.2, 0.25) is 0 Å². The summed E-state index contributed by atoms with van der Waals surface area (Å²) in [5, 5.41) is 0.572. The van der Waals surface area contributed by atoms with Gasteiger partial charge in [-0.15, -0.1) is 0 Å². The van der Waals surface area contributed by atoms with Crippen molar-refractivity contribution in [3.8, 4) is 23.1 Å². The van der Waals surface area contributed by atoms with Gasteiger partial charge in [-0.3, -0.25) is 4.79 Å². The zero-order valence-corrected chi connectivity index (χ0v) is 22.3. The van der Waals surface area contributed by atoms with Crippen molar-refractivity contribution in [1.82, 2.24) is 14.9 Å². The van der Waals surface area contributed by atoms with Crippen molar-refractivity contribution in [2.45, 2.75) is 39.0 Å². The lowest BCUT2D eigenvalue weighted by Crippen LogP contribution is -2.52. The van der Waals surface area contributed by atoms with Crippen LogP contribution in [-0.2, 0) is 16.0 Å². The molecule has 1 aliphatic carbocycles. The summed E-state index contributed by atoms with van der Waals surface area (Å²) >= 11 is 0. The monoisotopic (exact) mass is 533 g/mol. The summed E-state index contributed by atoms with van der Waals surface area (Å²) in [6.07, 6.45) is 7.03. The Labute approximate surface area is 226 Å². The molecule has 2 aliphatic heterocycles. The van der Waals surface area contributed by atoms with Crippen LogP contribution in [0.3, 0.4) is 0 Å². The van der Waals surface area contributed by atoms with Crippen molar-refractivity contribution in [2.75, 3.05) is 40.0 Å². The van der Waals surface area contributed by atoms with E-state index in [0.29, 0.717) is 52.8 Å². The normalized spacial score (nSPS) is 17.5. The number of carbonyl (C=O) groups is 1. The molecule has 6 rings (SSSR count). The van der Waals surface area contributed by atoms with Gasteiger partial charge in [0.15, 0.2) is 23.1 Å². The number of hydrogen-bond donors (Lipinski definition) is 0. The quantitative estimate of drug-likeness (QED) is 0.362. The molecule has 0 bridgehead atoms. The van der Waals surface area contributed by atoms with Crippen LogP contribution in [0.4, 0.5) is 4.39 Å². The zero-order valence-electron chi connectivity index (χ0n) is 22.3. The lowest BCUT2D eigenvalue weighted by Gasteiger charge is -2.47. The lowest BCUT2D eigenvalue weighted by molar-refractivity contribution is -0.153. The molecule has 3 heterocycles. The van der Waals surface area contributed by atoms with Gasteiger partial charge in [0.25, 0.3) is 0 Å². The van der Waals surface area contributed by atoms with Crippen LogP contribution in [0.15, 0.2) is 36.2 Å². The summed E-state index contributed by atoms with van der Waals surface area (Å²) in [5.74, 6) is 1.08. The molecule has 3 aromatic rings. The van der Waals surface area contributed by atoms with Gasteiger partial charge in [0, 0.05) is 36.6 Å². The first kappa shape index (κ1) is 25.6. The van der Waals surface area contributed by atoms with Crippen LogP contribution >= 0.6 is 0 Å². The van der Waals surface area contributed by atoms with Gasteiger partial charge in [-0.05, 0) is 50.3 Å². The van der Waals surface area contributed by atoms with E-state index < -0.39 is 5.82 Å². The highest BCUT2D eigenvalue weighted by atomic mass is 19.1. The summed E-state index contributed by atoms with van der Waals surface area (Å²) in [5.41, 5.74) is 3.51. The predicted molar refractivity (Wildman–Crippen MR) is 144 cm³/mol. The third-order valence-electron chi connectivity index (χ3n) is 7.97. The standard InChI is InChI=1S/C30H32FN3O5/c1-19-12-20-5-6-24(28(31)21(20)13-19)39-29-22-14-25(36-2)26(15-23(22)32-18-33-29)38-11-3-4-27(35)34-9-7-30(8-10-34)16-37-17-30/h5-6,13-15,18H,3-4,7-12,16-17H2,1-2H3. The third kappa shape index (κ3) is 5.03. The maximum atomic E-state index is 15.2. The number of amides is 1. The molecule has 1 amide bonds. The molecule has 1 aromatic heterocycles. The number of nitrogens with zero attached hydrogens (tertiary/aromatic N) is 3. The first-order valence-corrected chi connectivity index (χ1v) is 13.4. The molecule has 3 aliphatic rings. The molecule has 0 saturated carbocycles.